The number of nitrogens with zero attached hydrogens (tertiary/aromatic N) is 3. The molecule has 0 fully saturated rings. The number of fused-ring (bicyclic) bond motifs is 1. The molecule has 0 saturated heterocycles. The van der Waals surface area contributed by atoms with Crippen LogP contribution in [0.5, 0.6) is 0 Å². The van der Waals surface area contributed by atoms with Gasteiger partial charge in [0, 0.05) is 17.6 Å². The molecule has 2 N–H and O–H groups in total. The number of amides is 1. The van der Waals surface area contributed by atoms with Crippen molar-refractivity contribution in [2.24, 2.45) is 5.73 Å². The molecular weight excluding hydrogens is 343 g/mol. The average Bonchev–Trinajstić information content (AvgIpc) is 3.00. The zero-order valence-corrected chi connectivity index (χ0v) is 13.6. The van der Waals surface area contributed by atoms with E-state index in [0.29, 0.717) is 28.6 Å². The van der Waals surface area contributed by atoms with E-state index in [1.165, 1.54) is 30.3 Å². The van der Waals surface area contributed by atoms with Crippen LogP contribution in [0.4, 0.5) is 10.1 Å². The highest BCUT2D eigenvalue weighted by Gasteiger charge is 2.18. The molecule has 0 saturated carbocycles. The van der Waals surface area contributed by atoms with Crippen molar-refractivity contribution < 1.29 is 18.8 Å². The van der Waals surface area contributed by atoms with Crippen LogP contribution in [0.1, 0.15) is 0 Å². The summed E-state index contributed by atoms with van der Waals surface area (Å²) >= 11 is 0. The maximum atomic E-state index is 13.1. The topological polar surface area (TPSA) is 113 Å². The summed E-state index contributed by atoms with van der Waals surface area (Å²) in [6, 6.07) is 8.50. The Kier molecular flexibility index (Phi) is 4.90. The third-order valence-electron chi connectivity index (χ3n) is 3.73. The third kappa shape index (κ3) is 3.83. The highest BCUT2D eigenvalue weighted by Crippen LogP contribution is 2.33. The predicted molar refractivity (Wildman–Crippen MR) is 91.8 cm³/mol. The Morgan fingerprint density at radius 3 is 2.69 bits per heavy atom. The lowest BCUT2D eigenvalue weighted by Crippen LogP contribution is -2.19. The highest BCUT2D eigenvalue weighted by molar-refractivity contribution is 5.89. The Morgan fingerprint density at radius 1 is 1.31 bits per heavy atom. The van der Waals surface area contributed by atoms with E-state index in [9.17, 15) is 19.3 Å². The summed E-state index contributed by atoms with van der Waals surface area (Å²) in [5.74, 6) is -0.979. The molecule has 26 heavy (non-hydrogen) atoms. The molecule has 0 atom stereocenters. The Morgan fingerprint density at radius 2 is 2.04 bits per heavy atom. The van der Waals surface area contributed by atoms with Gasteiger partial charge in [0.15, 0.2) is 0 Å². The number of nitro benzene ring substituents is 1. The minimum atomic E-state index is -0.560. The lowest BCUT2D eigenvalue weighted by atomic mass is 10.0. The van der Waals surface area contributed by atoms with Crippen LogP contribution in [0.25, 0.3) is 22.0 Å². The van der Waals surface area contributed by atoms with Crippen LogP contribution < -0.4 is 5.73 Å². The standard InChI is InChI=1S/C17H15FN4O4/c18-13-3-1-11(2-4-13)14-8-15-12(7-16(14)22(24)25)9-21(20-15)5-6-26-10-17(19)23/h1-4,7-9H,5-6,10H2,(H2,19,23). The fraction of sp³-hybridized carbons (Fsp3) is 0.176. The Balaban J connectivity index is 1.92. The minimum Gasteiger partial charge on any atom is -0.370 e. The molecule has 8 nitrogen and oxygen atoms in total. The van der Waals surface area contributed by atoms with Gasteiger partial charge in [0.25, 0.3) is 5.69 Å². The van der Waals surface area contributed by atoms with Crippen molar-refractivity contribution in [1.82, 2.24) is 9.78 Å². The Bertz CT molecular complexity index is 969. The molecule has 1 amide bonds. The third-order valence-corrected chi connectivity index (χ3v) is 3.73. The van der Waals surface area contributed by atoms with Gasteiger partial charge in [-0.3, -0.25) is 19.6 Å². The molecule has 2 aromatic carbocycles. The van der Waals surface area contributed by atoms with Crippen molar-refractivity contribution in [3.8, 4) is 11.1 Å². The summed E-state index contributed by atoms with van der Waals surface area (Å²) in [5, 5.41) is 16.4. The number of primary amides is 1. The summed E-state index contributed by atoms with van der Waals surface area (Å²) in [6.45, 7) is 0.409. The minimum absolute atomic E-state index is 0.0892. The molecule has 134 valence electrons. The zero-order valence-electron chi connectivity index (χ0n) is 13.6. The van der Waals surface area contributed by atoms with E-state index in [4.69, 9.17) is 10.5 Å². The summed E-state index contributed by atoms with van der Waals surface area (Å²) in [7, 11) is 0. The fourth-order valence-corrected chi connectivity index (χ4v) is 2.57. The fourth-order valence-electron chi connectivity index (χ4n) is 2.57. The number of benzene rings is 2. The van der Waals surface area contributed by atoms with E-state index in [1.54, 1.807) is 16.9 Å². The first kappa shape index (κ1) is 17.5. The van der Waals surface area contributed by atoms with Gasteiger partial charge in [-0.05, 0) is 23.8 Å². The highest BCUT2D eigenvalue weighted by atomic mass is 19.1. The number of nitro groups is 1. The number of aromatic nitrogens is 2. The molecular formula is C17H15FN4O4. The first-order chi connectivity index (χ1) is 12.4. The molecule has 0 radical (unpaired) electrons. The second-order valence-corrected chi connectivity index (χ2v) is 5.60. The van der Waals surface area contributed by atoms with Crippen LogP contribution in [-0.2, 0) is 16.1 Å². The number of halogens is 1. The van der Waals surface area contributed by atoms with Gasteiger partial charge in [-0.15, -0.1) is 0 Å². The summed E-state index contributed by atoms with van der Waals surface area (Å²) in [4.78, 5) is 21.6. The molecule has 0 spiro atoms. The van der Waals surface area contributed by atoms with Gasteiger partial charge in [-0.2, -0.15) is 5.10 Å². The van der Waals surface area contributed by atoms with Gasteiger partial charge in [-0.1, -0.05) is 12.1 Å². The molecule has 3 rings (SSSR count). The summed E-state index contributed by atoms with van der Waals surface area (Å²) in [6.07, 6.45) is 1.66. The monoisotopic (exact) mass is 358 g/mol. The van der Waals surface area contributed by atoms with Crippen LogP contribution in [0.3, 0.4) is 0 Å². The molecule has 0 aliphatic rings. The maximum absolute atomic E-state index is 13.1. The van der Waals surface area contributed by atoms with E-state index < -0.39 is 16.6 Å². The first-order valence-electron chi connectivity index (χ1n) is 7.71. The SMILES string of the molecule is NC(=O)COCCn1cc2cc([N+](=O)[O-])c(-c3ccc(F)cc3)cc2n1. The lowest BCUT2D eigenvalue weighted by Gasteiger charge is -2.03. The first-order valence-corrected chi connectivity index (χ1v) is 7.71. The van der Waals surface area contributed by atoms with Crippen LogP contribution >= 0.6 is 0 Å². The molecule has 9 heteroatoms. The maximum Gasteiger partial charge on any atom is 0.278 e. The van der Waals surface area contributed by atoms with Crippen molar-refractivity contribution in [1.29, 1.82) is 0 Å². The summed E-state index contributed by atoms with van der Waals surface area (Å²) < 4.78 is 19.8. The number of ether oxygens (including phenoxy) is 1. The van der Waals surface area contributed by atoms with Crippen molar-refractivity contribution in [2.75, 3.05) is 13.2 Å². The summed E-state index contributed by atoms with van der Waals surface area (Å²) in [5.41, 5.74) is 6.34. The van der Waals surface area contributed by atoms with Crippen LogP contribution in [0.2, 0.25) is 0 Å². The van der Waals surface area contributed by atoms with Gasteiger partial charge in [0.2, 0.25) is 5.91 Å². The van der Waals surface area contributed by atoms with E-state index in [1.807, 2.05) is 0 Å². The number of rotatable bonds is 7. The Hall–Kier alpha value is -3.33. The van der Waals surface area contributed by atoms with Gasteiger partial charge >= 0.3 is 0 Å². The van der Waals surface area contributed by atoms with E-state index >= 15 is 0 Å². The Labute approximate surface area is 147 Å². The number of carbonyl (C=O) groups is 1. The van der Waals surface area contributed by atoms with E-state index in [2.05, 4.69) is 5.10 Å². The number of hydrogen-bond acceptors (Lipinski definition) is 5. The zero-order chi connectivity index (χ0) is 18.7. The molecule has 0 aliphatic carbocycles. The van der Waals surface area contributed by atoms with E-state index in [0.717, 1.165) is 0 Å². The van der Waals surface area contributed by atoms with Gasteiger partial charge in [0.1, 0.15) is 12.4 Å². The quantitative estimate of drug-likeness (QED) is 0.395. The number of carbonyl (C=O) groups excluding carboxylic acids is 1. The van der Waals surface area contributed by atoms with Crippen LogP contribution in [-0.4, -0.2) is 33.8 Å². The van der Waals surface area contributed by atoms with Crippen LogP contribution in [0.15, 0.2) is 42.6 Å². The number of nitrogens with two attached hydrogens (primary N) is 1. The van der Waals surface area contributed by atoms with Crippen molar-refractivity contribution in [2.45, 2.75) is 6.54 Å². The largest absolute Gasteiger partial charge is 0.370 e. The molecule has 3 aromatic rings. The van der Waals surface area contributed by atoms with Gasteiger partial charge in [-0.25, -0.2) is 4.39 Å². The normalized spacial score (nSPS) is 11.0. The van der Waals surface area contributed by atoms with Crippen molar-refractivity contribution in [3.63, 3.8) is 0 Å². The van der Waals surface area contributed by atoms with Crippen LogP contribution in [0, 0.1) is 15.9 Å². The average molecular weight is 358 g/mol. The molecule has 1 aromatic heterocycles. The predicted octanol–water partition coefficient (Wildman–Crippen LogP) is 2.25. The smallest absolute Gasteiger partial charge is 0.278 e. The molecule has 1 heterocycles. The van der Waals surface area contributed by atoms with Gasteiger partial charge < -0.3 is 10.5 Å². The lowest BCUT2D eigenvalue weighted by molar-refractivity contribution is -0.384. The molecule has 0 bridgehead atoms. The molecule has 0 unspecified atom stereocenters. The van der Waals surface area contributed by atoms with Crippen molar-refractivity contribution in [3.05, 3.63) is 58.5 Å². The van der Waals surface area contributed by atoms with Gasteiger partial charge in [0.05, 0.1) is 29.2 Å². The second-order valence-electron chi connectivity index (χ2n) is 5.60. The van der Waals surface area contributed by atoms with Crippen molar-refractivity contribution >= 4 is 22.5 Å². The van der Waals surface area contributed by atoms with E-state index in [-0.39, 0.29) is 18.9 Å². The molecule has 0 aliphatic heterocycles. The number of hydrogen-bond donors (Lipinski definition) is 1. The second kappa shape index (κ2) is 7.28.